The Hall–Kier alpha value is -2.62. The normalized spacial score (nSPS) is 11.8. The number of hydrogen-bond acceptors (Lipinski definition) is 5. The monoisotopic (exact) mass is 461 g/mol. The second-order valence-electron chi connectivity index (χ2n) is 7.39. The molecule has 0 fully saturated rings. The van der Waals surface area contributed by atoms with Crippen LogP contribution in [0.25, 0.3) is 0 Å². The minimum Gasteiger partial charge on any atom is -0.298 e. The highest BCUT2D eigenvalue weighted by atomic mass is 32.2. The molecule has 0 aliphatic carbocycles. The predicted molar refractivity (Wildman–Crippen MR) is 121 cm³/mol. The molecule has 0 radical (unpaired) electrons. The van der Waals surface area contributed by atoms with E-state index < -0.39 is 15.9 Å². The fourth-order valence-electron chi connectivity index (χ4n) is 2.87. The number of carbonyl (C=O) groups excluding carboxylic acids is 1. The lowest BCUT2D eigenvalue weighted by Gasteiger charge is -2.21. The first kappa shape index (κ1) is 23.1. The van der Waals surface area contributed by atoms with E-state index in [1.54, 1.807) is 45.0 Å². The number of carbonyl (C=O) groups is 1. The summed E-state index contributed by atoms with van der Waals surface area (Å²) in [5.74, 6) is -0.749. The molecule has 0 bridgehead atoms. The number of aromatic nitrogens is 1. The summed E-state index contributed by atoms with van der Waals surface area (Å²) in [5.41, 5.74) is 1.47. The zero-order chi connectivity index (χ0) is 22.8. The maximum Gasteiger partial charge on any atom is 0.257 e. The Balaban J connectivity index is 1.79. The van der Waals surface area contributed by atoms with Crippen molar-refractivity contribution in [2.75, 3.05) is 12.4 Å². The molecule has 1 aromatic heterocycles. The van der Waals surface area contributed by atoms with Crippen LogP contribution >= 0.6 is 11.3 Å². The Morgan fingerprint density at radius 1 is 1.19 bits per heavy atom. The average Bonchev–Trinajstić information content (AvgIpc) is 3.07. The van der Waals surface area contributed by atoms with Gasteiger partial charge >= 0.3 is 0 Å². The van der Waals surface area contributed by atoms with Gasteiger partial charge in [0.1, 0.15) is 5.82 Å². The number of anilines is 1. The lowest BCUT2D eigenvalue weighted by molar-refractivity contribution is 0.102. The molecule has 0 aliphatic rings. The van der Waals surface area contributed by atoms with Crippen LogP contribution < -0.4 is 5.32 Å². The summed E-state index contributed by atoms with van der Waals surface area (Å²) < 4.78 is 40.6. The van der Waals surface area contributed by atoms with Gasteiger partial charge in [-0.1, -0.05) is 24.3 Å². The van der Waals surface area contributed by atoms with E-state index in [0.29, 0.717) is 22.8 Å². The smallest absolute Gasteiger partial charge is 0.257 e. The third kappa shape index (κ3) is 5.17. The summed E-state index contributed by atoms with van der Waals surface area (Å²) in [4.78, 5) is 18.0. The molecule has 1 heterocycles. The summed E-state index contributed by atoms with van der Waals surface area (Å²) in [5, 5.41) is 3.09. The fraction of sp³-hybridized carbons (Fsp3) is 0.273. The number of benzene rings is 2. The number of halogens is 1. The van der Waals surface area contributed by atoms with E-state index in [2.05, 4.69) is 10.3 Å². The molecule has 9 heteroatoms. The van der Waals surface area contributed by atoms with Crippen LogP contribution in [0.15, 0.2) is 53.4 Å². The van der Waals surface area contributed by atoms with Gasteiger partial charge in [0.15, 0.2) is 5.13 Å². The largest absolute Gasteiger partial charge is 0.298 e. The van der Waals surface area contributed by atoms with Crippen molar-refractivity contribution in [2.45, 2.75) is 38.1 Å². The molecule has 6 nitrogen and oxygen atoms in total. The van der Waals surface area contributed by atoms with Gasteiger partial charge in [-0.05, 0) is 50.6 Å². The highest BCUT2D eigenvalue weighted by Crippen LogP contribution is 2.27. The number of amides is 1. The van der Waals surface area contributed by atoms with Gasteiger partial charge < -0.3 is 0 Å². The molecule has 0 atom stereocenters. The summed E-state index contributed by atoms with van der Waals surface area (Å²) in [6.45, 7) is 5.35. The van der Waals surface area contributed by atoms with E-state index in [1.165, 1.54) is 47.0 Å². The quantitative estimate of drug-likeness (QED) is 0.563. The lowest BCUT2D eigenvalue weighted by Crippen LogP contribution is -2.33. The Labute approximate surface area is 185 Å². The molecule has 3 aromatic rings. The van der Waals surface area contributed by atoms with Gasteiger partial charge in [-0.3, -0.25) is 10.1 Å². The summed E-state index contributed by atoms with van der Waals surface area (Å²) in [6.07, 6.45) is 0.376. The number of nitrogens with zero attached hydrogens (tertiary/aromatic N) is 2. The number of rotatable bonds is 7. The molecule has 1 amide bonds. The van der Waals surface area contributed by atoms with Crippen LogP contribution in [0, 0.1) is 12.7 Å². The summed E-state index contributed by atoms with van der Waals surface area (Å²) in [6, 6.07) is 12.2. The zero-order valence-electron chi connectivity index (χ0n) is 17.7. The van der Waals surface area contributed by atoms with Crippen molar-refractivity contribution in [1.82, 2.24) is 9.29 Å². The van der Waals surface area contributed by atoms with Crippen molar-refractivity contribution >= 4 is 32.4 Å². The zero-order valence-corrected chi connectivity index (χ0v) is 19.3. The summed E-state index contributed by atoms with van der Waals surface area (Å²) >= 11 is 1.27. The SMILES string of the molecule is Cc1nc(NC(=O)c2cccc(S(=O)(=O)N(C)C(C)C)c2)sc1Cc1ccccc1F. The Kier molecular flexibility index (Phi) is 6.88. The standard InChI is InChI=1S/C22H24FN3O3S2/c1-14(2)26(4)31(28,29)18-10-7-9-17(12-18)21(27)25-22-24-15(3)20(30-22)13-16-8-5-6-11-19(16)23/h5-12,14H,13H2,1-4H3,(H,24,25,27). The van der Waals surface area contributed by atoms with Crippen LogP contribution in [0.1, 0.15) is 40.3 Å². The molecular weight excluding hydrogens is 437 g/mol. The number of aryl methyl sites for hydroxylation is 1. The highest BCUT2D eigenvalue weighted by molar-refractivity contribution is 7.89. The van der Waals surface area contributed by atoms with E-state index in [1.807, 2.05) is 0 Å². The van der Waals surface area contributed by atoms with Gasteiger partial charge in [0.25, 0.3) is 5.91 Å². The first-order chi connectivity index (χ1) is 14.6. The van der Waals surface area contributed by atoms with Crippen LogP contribution in [0.5, 0.6) is 0 Å². The topological polar surface area (TPSA) is 79.4 Å². The van der Waals surface area contributed by atoms with Gasteiger partial charge in [-0.2, -0.15) is 4.31 Å². The van der Waals surface area contributed by atoms with Crippen LogP contribution in [-0.2, 0) is 16.4 Å². The average molecular weight is 462 g/mol. The highest BCUT2D eigenvalue weighted by Gasteiger charge is 2.24. The van der Waals surface area contributed by atoms with Gasteiger partial charge in [0.05, 0.1) is 10.6 Å². The fourth-order valence-corrected chi connectivity index (χ4v) is 5.27. The molecule has 1 N–H and O–H groups in total. The third-order valence-electron chi connectivity index (χ3n) is 4.92. The minimum atomic E-state index is -3.70. The minimum absolute atomic E-state index is 0.0481. The third-order valence-corrected chi connectivity index (χ3v) is 8.02. The number of thiazole rings is 1. The summed E-state index contributed by atoms with van der Waals surface area (Å²) in [7, 11) is -2.20. The first-order valence-corrected chi connectivity index (χ1v) is 11.9. The van der Waals surface area contributed by atoms with E-state index in [-0.39, 0.29) is 22.3 Å². The number of nitrogens with one attached hydrogen (secondary N) is 1. The molecule has 164 valence electrons. The van der Waals surface area contributed by atoms with Crippen molar-refractivity contribution < 1.29 is 17.6 Å². The molecule has 31 heavy (non-hydrogen) atoms. The van der Waals surface area contributed by atoms with Gasteiger partial charge in [-0.25, -0.2) is 17.8 Å². The van der Waals surface area contributed by atoms with Crippen LogP contribution in [0.4, 0.5) is 9.52 Å². The van der Waals surface area contributed by atoms with Crippen LogP contribution in [0.3, 0.4) is 0 Å². The van der Waals surface area contributed by atoms with Gasteiger partial charge in [-0.15, -0.1) is 11.3 Å². The van der Waals surface area contributed by atoms with Crippen molar-refractivity contribution in [3.8, 4) is 0 Å². The molecule has 0 aliphatic heterocycles. The van der Waals surface area contributed by atoms with Gasteiger partial charge in [0.2, 0.25) is 10.0 Å². The lowest BCUT2D eigenvalue weighted by atomic mass is 10.1. The van der Waals surface area contributed by atoms with Crippen LogP contribution in [0.2, 0.25) is 0 Å². The Morgan fingerprint density at radius 2 is 1.90 bits per heavy atom. The molecule has 0 saturated carbocycles. The van der Waals surface area contributed by atoms with Crippen molar-refractivity contribution in [3.05, 3.63) is 76.0 Å². The Morgan fingerprint density at radius 3 is 2.58 bits per heavy atom. The van der Waals surface area contributed by atoms with Crippen molar-refractivity contribution in [3.63, 3.8) is 0 Å². The molecule has 2 aromatic carbocycles. The Bertz CT molecular complexity index is 1210. The van der Waals surface area contributed by atoms with Crippen LogP contribution in [-0.4, -0.2) is 36.7 Å². The number of sulfonamides is 1. The van der Waals surface area contributed by atoms with E-state index in [9.17, 15) is 17.6 Å². The first-order valence-electron chi connectivity index (χ1n) is 9.68. The molecule has 3 rings (SSSR count). The number of hydrogen-bond donors (Lipinski definition) is 1. The van der Waals surface area contributed by atoms with E-state index >= 15 is 0 Å². The molecular formula is C22H24FN3O3S2. The second kappa shape index (κ2) is 9.25. The van der Waals surface area contributed by atoms with E-state index in [0.717, 1.165) is 4.88 Å². The maximum atomic E-state index is 13.9. The second-order valence-corrected chi connectivity index (χ2v) is 10.5. The van der Waals surface area contributed by atoms with Gasteiger partial charge in [0, 0.05) is 30.0 Å². The molecule has 0 saturated heterocycles. The molecule has 0 unspecified atom stereocenters. The molecule has 0 spiro atoms. The van der Waals surface area contributed by atoms with Crippen molar-refractivity contribution in [2.24, 2.45) is 0 Å². The predicted octanol–water partition coefficient (Wildman–Crippen LogP) is 4.46. The maximum absolute atomic E-state index is 13.9. The van der Waals surface area contributed by atoms with Crippen molar-refractivity contribution in [1.29, 1.82) is 0 Å². The van der Waals surface area contributed by atoms with E-state index in [4.69, 9.17) is 0 Å².